The van der Waals surface area contributed by atoms with Crippen molar-refractivity contribution in [2.24, 2.45) is 5.92 Å². The third-order valence-corrected chi connectivity index (χ3v) is 5.95. The molecule has 1 amide bonds. The van der Waals surface area contributed by atoms with E-state index in [1.54, 1.807) is 18.5 Å². The topological polar surface area (TPSA) is 68.7 Å². The second kappa shape index (κ2) is 8.69. The van der Waals surface area contributed by atoms with Crippen molar-refractivity contribution in [3.05, 3.63) is 59.9 Å². The third kappa shape index (κ3) is 5.06. The SMILES string of the molecule is CC(C)(C)OC(=O)N1C2CCC1CC(C(=O)c1cncc(OCc3ccccc3)c1)C2. The van der Waals surface area contributed by atoms with Gasteiger partial charge >= 0.3 is 6.09 Å². The first-order valence-corrected chi connectivity index (χ1v) is 11.0. The number of ketones is 1. The summed E-state index contributed by atoms with van der Waals surface area (Å²) < 4.78 is 11.4. The van der Waals surface area contributed by atoms with Crippen LogP contribution in [0.25, 0.3) is 0 Å². The van der Waals surface area contributed by atoms with E-state index in [0.717, 1.165) is 18.4 Å². The summed E-state index contributed by atoms with van der Waals surface area (Å²) in [6.45, 7) is 6.06. The lowest BCUT2D eigenvalue weighted by molar-refractivity contribution is 0.00254. The van der Waals surface area contributed by atoms with Crippen molar-refractivity contribution in [3.63, 3.8) is 0 Å². The van der Waals surface area contributed by atoms with Crippen molar-refractivity contribution < 1.29 is 19.1 Å². The minimum Gasteiger partial charge on any atom is -0.487 e. The van der Waals surface area contributed by atoms with E-state index >= 15 is 0 Å². The van der Waals surface area contributed by atoms with Gasteiger partial charge < -0.3 is 14.4 Å². The number of hydrogen-bond donors (Lipinski definition) is 0. The number of fused-ring (bicyclic) bond motifs is 2. The molecule has 2 aliphatic rings. The molecule has 164 valence electrons. The Bertz CT molecular complexity index is 924. The van der Waals surface area contributed by atoms with Crippen LogP contribution in [-0.4, -0.2) is 39.4 Å². The molecule has 6 heteroatoms. The standard InChI is InChI=1S/C25H30N2O4/c1-25(2,3)31-24(29)27-20-9-10-21(27)12-18(11-20)23(28)19-13-22(15-26-14-19)30-16-17-7-5-4-6-8-17/h4-8,13-15,18,20-21H,9-12,16H2,1-3H3. The maximum absolute atomic E-state index is 13.2. The zero-order chi connectivity index (χ0) is 22.0. The Labute approximate surface area is 183 Å². The van der Waals surface area contributed by atoms with E-state index in [4.69, 9.17) is 9.47 Å². The molecular formula is C25H30N2O4. The van der Waals surface area contributed by atoms with E-state index in [1.807, 2.05) is 56.0 Å². The second-order valence-corrected chi connectivity index (χ2v) is 9.49. The van der Waals surface area contributed by atoms with Gasteiger partial charge in [-0.1, -0.05) is 30.3 Å². The highest BCUT2D eigenvalue weighted by Crippen LogP contribution is 2.40. The summed E-state index contributed by atoms with van der Waals surface area (Å²) in [5.74, 6) is 0.560. The smallest absolute Gasteiger partial charge is 0.410 e. The van der Waals surface area contributed by atoms with Crippen LogP contribution in [-0.2, 0) is 11.3 Å². The molecule has 2 fully saturated rings. The van der Waals surface area contributed by atoms with Crippen LogP contribution in [0, 0.1) is 5.92 Å². The molecule has 2 saturated heterocycles. The molecule has 2 aliphatic heterocycles. The number of amides is 1. The maximum atomic E-state index is 13.2. The predicted molar refractivity (Wildman–Crippen MR) is 117 cm³/mol. The first-order valence-electron chi connectivity index (χ1n) is 11.0. The number of carbonyl (C=O) groups is 2. The molecule has 0 spiro atoms. The Morgan fingerprint density at radius 1 is 1.06 bits per heavy atom. The molecule has 2 atom stereocenters. The Morgan fingerprint density at radius 2 is 1.74 bits per heavy atom. The largest absolute Gasteiger partial charge is 0.487 e. The highest BCUT2D eigenvalue weighted by atomic mass is 16.6. The number of benzene rings is 1. The molecule has 31 heavy (non-hydrogen) atoms. The third-order valence-electron chi connectivity index (χ3n) is 5.95. The van der Waals surface area contributed by atoms with Crippen molar-refractivity contribution >= 4 is 11.9 Å². The van der Waals surface area contributed by atoms with Gasteiger partial charge in [-0.15, -0.1) is 0 Å². The summed E-state index contributed by atoms with van der Waals surface area (Å²) in [6, 6.07) is 11.8. The Morgan fingerprint density at radius 3 is 2.39 bits per heavy atom. The van der Waals surface area contributed by atoms with Crippen molar-refractivity contribution in [1.82, 2.24) is 9.88 Å². The number of pyridine rings is 1. The van der Waals surface area contributed by atoms with E-state index in [0.29, 0.717) is 30.8 Å². The molecule has 4 rings (SSSR count). The van der Waals surface area contributed by atoms with Crippen molar-refractivity contribution in [2.45, 2.75) is 70.7 Å². The molecule has 2 aromatic rings. The van der Waals surface area contributed by atoms with E-state index in [1.165, 1.54) is 0 Å². The van der Waals surface area contributed by atoms with Gasteiger partial charge in [0.1, 0.15) is 18.0 Å². The average molecular weight is 423 g/mol. The summed E-state index contributed by atoms with van der Waals surface area (Å²) in [7, 11) is 0. The lowest BCUT2D eigenvalue weighted by atomic mass is 9.85. The van der Waals surface area contributed by atoms with Gasteiger partial charge in [-0.2, -0.15) is 0 Å². The number of hydrogen-bond acceptors (Lipinski definition) is 5. The summed E-state index contributed by atoms with van der Waals surface area (Å²) in [4.78, 5) is 32.0. The molecule has 3 heterocycles. The van der Waals surface area contributed by atoms with Crippen LogP contribution in [0.2, 0.25) is 0 Å². The van der Waals surface area contributed by atoms with Gasteiger partial charge in [0, 0.05) is 29.8 Å². The van der Waals surface area contributed by atoms with E-state index in [-0.39, 0.29) is 29.9 Å². The van der Waals surface area contributed by atoms with Gasteiger partial charge in [0.15, 0.2) is 5.78 Å². The first-order chi connectivity index (χ1) is 14.8. The molecule has 0 saturated carbocycles. The van der Waals surface area contributed by atoms with Gasteiger partial charge in [0.25, 0.3) is 0 Å². The number of rotatable bonds is 5. The van der Waals surface area contributed by atoms with Crippen LogP contribution >= 0.6 is 0 Å². The molecular weight excluding hydrogens is 392 g/mol. The number of piperidine rings is 1. The quantitative estimate of drug-likeness (QED) is 0.633. The number of carbonyl (C=O) groups excluding carboxylic acids is 2. The zero-order valence-corrected chi connectivity index (χ0v) is 18.4. The Hall–Kier alpha value is -2.89. The van der Waals surface area contributed by atoms with E-state index in [9.17, 15) is 9.59 Å². The minimum atomic E-state index is -0.519. The number of Topliss-reactive ketones (excluding diaryl/α,β-unsaturated/α-hetero) is 1. The Balaban J connectivity index is 1.40. The Kier molecular flexibility index (Phi) is 5.99. The summed E-state index contributed by atoms with van der Waals surface area (Å²) >= 11 is 0. The van der Waals surface area contributed by atoms with Crippen LogP contribution in [0.4, 0.5) is 4.79 Å². The fourth-order valence-corrected chi connectivity index (χ4v) is 4.61. The van der Waals surface area contributed by atoms with Crippen LogP contribution in [0.15, 0.2) is 48.8 Å². The molecule has 0 aliphatic carbocycles. The summed E-state index contributed by atoms with van der Waals surface area (Å²) in [6.07, 6.45) is 6.17. The van der Waals surface area contributed by atoms with Crippen LogP contribution in [0.3, 0.4) is 0 Å². The van der Waals surface area contributed by atoms with E-state index < -0.39 is 5.60 Å². The highest BCUT2D eigenvalue weighted by Gasteiger charge is 2.46. The van der Waals surface area contributed by atoms with Crippen LogP contribution in [0.1, 0.15) is 62.4 Å². The highest BCUT2D eigenvalue weighted by molar-refractivity contribution is 5.98. The van der Waals surface area contributed by atoms with Crippen LogP contribution < -0.4 is 4.74 Å². The van der Waals surface area contributed by atoms with Crippen molar-refractivity contribution in [2.75, 3.05) is 0 Å². The lowest BCUT2D eigenvalue weighted by Crippen LogP contribution is -2.49. The summed E-state index contributed by atoms with van der Waals surface area (Å²) in [5, 5.41) is 0. The molecule has 1 aromatic heterocycles. The van der Waals surface area contributed by atoms with Gasteiger partial charge in [-0.3, -0.25) is 9.78 Å². The van der Waals surface area contributed by atoms with E-state index in [2.05, 4.69) is 4.98 Å². The molecule has 2 unspecified atom stereocenters. The van der Waals surface area contributed by atoms with Crippen molar-refractivity contribution in [1.29, 1.82) is 0 Å². The average Bonchev–Trinajstić information content (AvgIpc) is 3.01. The molecule has 6 nitrogen and oxygen atoms in total. The van der Waals surface area contributed by atoms with Crippen molar-refractivity contribution in [3.8, 4) is 5.75 Å². The second-order valence-electron chi connectivity index (χ2n) is 9.49. The van der Waals surface area contributed by atoms with Gasteiger partial charge in [-0.25, -0.2) is 4.79 Å². The zero-order valence-electron chi connectivity index (χ0n) is 18.4. The van der Waals surface area contributed by atoms with Crippen LogP contribution in [0.5, 0.6) is 5.75 Å². The molecule has 0 radical (unpaired) electrons. The fraction of sp³-hybridized carbons (Fsp3) is 0.480. The summed E-state index contributed by atoms with van der Waals surface area (Å²) in [5.41, 5.74) is 1.11. The molecule has 0 N–H and O–H groups in total. The lowest BCUT2D eigenvalue weighted by Gasteiger charge is -2.39. The maximum Gasteiger partial charge on any atom is 0.410 e. The monoisotopic (exact) mass is 422 g/mol. The normalized spacial score (nSPS) is 22.8. The van der Waals surface area contributed by atoms with Gasteiger partial charge in [-0.05, 0) is 58.1 Å². The molecule has 2 bridgehead atoms. The van der Waals surface area contributed by atoms with Gasteiger partial charge in [0.2, 0.25) is 0 Å². The number of ether oxygens (including phenoxy) is 2. The van der Waals surface area contributed by atoms with Gasteiger partial charge in [0.05, 0.1) is 6.20 Å². The first kappa shape index (κ1) is 21.3. The predicted octanol–water partition coefficient (Wildman–Crippen LogP) is 5.02. The fourth-order valence-electron chi connectivity index (χ4n) is 4.61. The number of nitrogens with zero attached hydrogens (tertiary/aromatic N) is 2. The minimum absolute atomic E-state index is 0.0630. The number of aromatic nitrogens is 1. The molecule has 1 aromatic carbocycles.